The number of hydrogen-bond acceptors (Lipinski definition) is 5. The maximum Gasteiger partial charge on any atom is 0.263 e. The van der Waals surface area contributed by atoms with Crippen LogP contribution < -0.4 is 9.64 Å². The molecule has 2 saturated heterocycles. The fourth-order valence-corrected chi connectivity index (χ4v) is 5.95. The second-order valence-corrected chi connectivity index (χ2v) is 9.87. The maximum atomic E-state index is 13.2. The van der Waals surface area contributed by atoms with Crippen LogP contribution in [-0.2, 0) is 0 Å². The molecule has 5 rings (SSSR count). The summed E-state index contributed by atoms with van der Waals surface area (Å²) >= 11 is 1.53. The number of hydrogen-bond donors (Lipinski definition) is 0. The van der Waals surface area contributed by atoms with Crippen LogP contribution >= 0.6 is 11.3 Å². The van der Waals surface area contributed by atoms with E-state index >= 15 is 0 Å². The normalized spacial score (nSPS) is 21.4. The Hall–Kier alpha value is -2.83. The Bertz CT molecular complexity index is 1050. The van der Waals surface area contributed by atoms with Crippen LogP contribution in [0.1, 0.15) is 21.2 Å². The summed E-state index contributed by atoms with van der Waals surface area (Å²) in [7, 11) is 1.74. The molecule has 0 spiro atoms. The van der Waals surface area contributed by atoms with E-state index in [1.165, 1.54) is 22.6 Å². The number of carbonyl (C=O) groups is 1. The summed E-state index contributed by atoms with van der Waals surface area (Å²) in [6.07, 6.45) is 0. The SMILES string of the molecule is COc1ccccc1C1CN(C(=O)c2cccs2)CC1CN1CCN(c2ccccc2)CC1. The lowest BCUT2D eigenvalue weighted by Gasteiger charge is -2.38. The van der Waals surface area contributed by atoms with Crippen molar-refractivity contribution in [2.75, 3.05) is 57.8 Å². The highest BCUT2D eigenvalue weighted by Gasteiger charge is 2.39. The van der Waals surface area contributed by atoms with Crippen molar-refractivity contribution in [1.29, 1.82) is 0 Å². The van der Waals surface area contributed by atoms with Crippen LogP contribution in [0, 0.1) is 5.92 Å². The monoisotopic (exact) mass is 461 g/mol. The van der Waals surface area contributed by atoms with E-state index in [9.17, 15) is 4.79 Å². The number of ether oxygens (including phenoxy) is 1. The lowest BCUT2D eigenvalue weighted by atomic mass is 9.87. The first-order valence-corrected chi connectivity index (χ1v) is 12.6. The van der Waals surface area contributed by atoms with Crippen molar-refractivity contribution in [3.8, 4) is 5.75 Å². The highest BCUT2D eigenvalue weighted by atomic mass is 32.1. The van der Waals surface area contributed by atoms with Gasteiger partial charge in [0, 0.05) is 57.4 Å². The van der Waals surface area contributed by atoms with Gasteiger partial charge in [-0.1, -0.05) is 42.5 Å². The minimum Gasteiger partial charge on any atom is -0.496 e. The van der Waals surface area contributed by atoms with Crippen molar-refractivity contribution >= 4 is 22.9 Å². The summed E-state index contributed by atoms with van der Waals surface area (Å²) < 4.78 is 5.71. The number of amides is 1. The Morgan fingerprint density at radius 3 is 2.42 bits per heavy atom. The molecule has 3 heterocycles. The molecule has 0 bridgehead atoms. The van der Waals surface area contributed by atoms with Crippen molar-refractivity contribution in [2.24, 2.45) is 5.92 Å². The smallest absolute Gasteiger partial charge is 0.263 e. The first-order chi connectivity index (χ1) is 16.2. The van der Waals surface area contributed by atoms with Gasteiger partial charge < -0.3 is 14.5 Å². The van der Waals surface area contributed by atoms with Gasteiger partial charge in [0.2, 0.25) is 0 Å². The Balaban J connectivity index is 1.31. The largest absolute Gasteiger partial charge is 0.496 e. The predicted molar refractivity (Wildman–Crippen MR) is 135 cm³/mol. The molecule has 0 saturated carbocycles. The molecule has 1 amide bonds. The van der Waals surface area contributed by atoms with Gasteiger partial charge in [-0.25, -0.2) is 0 Å². The van der Waals surface area contributed by atoms with Crippen LogP contribution in [-0.4, -0.2) is 68.6 Å². The average molecular weight is 462 g/mol. The van der Waals surface area contributed by atoms with E-state index in [1.807, 2.05) is 34.5 Å². The van der Waals surface area contributed by atoms with Crippen LogP contribution in [0.3, 0.4) is 0 Å². The third kappa shape index (κ3) is 4.77. The summed E-state index contributed by atoms with van der Waals surface area (Å²) in [6, 6.07) is 22.9. The highest BCUT2D eigenvalue weighted by molar-refractivity contribution is 7.12. The lowest BCUT2D eigenvalue weighted by molar-refractivity contribution is 0.0787. The molecule has 172 valence electrons. The standard InChI is InChI=1S/C27H31N3O2S/c1-32-25-11-6-5-10-23(25)24-20-30(27(31)26-12-7-17-33-26)19-21(24)18-28-13-15-29(16-14-28)22-8-3-2-4-9-22/h2-12,17,21,24H,13-16,18-20H2,1H3. The molecule has 0 aliphatic carbocycles. The number of rotatable bonds is 6. The Labute approximate surface area is 200 Å². The molecular formula is C27H31N3O2S. The second-order valence-electron chi connectivity index (χ2n) is 8.92. The van der Waals surface area contributed by atoms with Gasteiger partial charge in [0.1, 0.15) is 5.75 Å². The third-order valence-electron chi connectivity index (χ3n) is 6.98. The van der Waals surface area contributed by atoms with Crippen molar-refractivity contribution < 1.29 is 9.53 Å². The molecule has 2 fully saturated rings. The van der Waals surface area contributed by atoms with Crippen LogP contribution in [0.15, 0.2) is 72.1 Å². The zero-order chi connectivity index (χ0) is 22.6. The summed E-state index contributed by atoms with van der Waals surface area (Å²) in [5, 5.41) is 1.98. The number of benzene rings is 2. The molecule has 1 aromatic heterocycles. The third-order valence-corrected chi connectivity index (χ3v) is 7.84. The van der Waals surface area contributed by atoms with Gasteiger partial charge in [-0.05, 0) is 41.1 Å². The molecule has 33 heavy (non-hydrogen) atoms. The Morgan fingerprint density at radius 1 is 0.939 bits per heavy atom. The van der Waals surface area contributed by atoms with Crippen LogP contribution in [0.4, 0.5) is 5.69 Å². The van der Waals surface area contributed by atoms with Crippen LogP contribution in [0.2, 0.25) is 0 Å². The number of piperazine rings is 1. The molecule has 2 aliphatic heterocycles. The number of likely N-dealkylation sites (tertiary alicyclic amines) is 1. The van der Waals surface area contributed by atoms with Crippen molar-refractivity contribution in [2.45, 2.75) is 5.92 Å². The number of methoxy groups -OCH3 is 1. The summed E-state index contributed by atoms with van der Waals surface area (Å²) in [6.45, 7) is 6.69. The average Bonchev–Trinajstić information content (AvgIpc) is 3.55. The fourth-order valence-electron chi connectivity index (χ4n) is 5.26. The van der Waals surface area contributed by atoms with E-state index in [2.05, 4.69) is 52.3 Å². The molecule has 2 aromatic carbocycles. The number of para-hydroxylation sites is 2. The van der Waals surface area contributed by atoms with Crippen molar-refractivity contribution in [3.05, 3.63) is 82.6 Å². The zero-order valence-electron chi connectivity index (χ0n) is 19.1. The quantitative estimate of drug-likeness (QED) is 0.544. The number of nitrogens with zero attached hydrogens (tertiary/aromatic N) is 3. The molecule has 3 aromatic rings. The summed E-state index contributed by atoms with van der Waals surface area (Å²) in [5.41, 5.74) is 2.52. The van der Waals surface area contributed by atoms with Crippen molar-refractivity contribution in [3.63, 3.8) is 0 Å². The summed E-state index contributed by atoms with van der Waals surface area (Å²) in [4.78, 5) is 21.1. The number of anilines is 1. The first-order valence-electron chi connectivity index (χ1n) is 11.7. The maximum absolute atomic E-state index is 13.2. The molecule has 0 N–H and O–H groups in total. The minimum atomic E-state index is 0.154. The van der Waals surface area contributed by atoms with E-state index in [0.717, 1.165) is 56.4 Å². The second kappa shape index (κ2) is 9.98. The molecule has 2 atom stereocenters. The number of thiophene rings is 1. The van der Waals surface area contributed by atoms with E-state index in [4.69, 9.17) is 4.74 Å². The molecule has 6 heteroatoms. The minimum absolute atomic E-state index is 0.154. The van der Waals surface area contributed by atoms with E-state index in [1.54, 1.807) is 7.11 Å². The predicted octanol–water partition coefficient (Wildman–Crippen LogP) is 4.43. The Morgan fingerprint density at radius 2 is 1.70 bits per heavy atom. The van der Waals surface area contributed by atoms with Gasteiger partial charge >= 0.3 is 0 Å². The lowest BCUT2D eigenvalue weighted by Crippen LogP contribution is -2.48. The van der Waals surface area contributed by atoms with Crippen LogP contribution in [0.5, 0.6) is 5.75 Å². The molecule has 5 nitrogen and oxygen atoms in total. The fraction of sp³-hybridized carbons (Fsp3) is 0.370. The first kappa shape index (κ1) is 22.0. The summed E-state index contributed by atoms with van der Waals surface area (Å²) in [5.74, 6) is 1.74. The van der Waals surface area contributed by atoms with E-state index < -0.39 is 0 Å². The van der Waals surface area contributed by atoms with E-state index in [-0.39, 0.29) is 11.8 Å². The van der Waals surface area contributed by atoms with Gasteiger partial charge in [-0.15, -0.1) is 11.3 Å². The van der Waals surface area contributed by atoms with Gasteiger partial charge in [0.25, 0.3) is 5.91 Å². The zero-order valence-corrected chi connectivity index (χ0v) is 19.9. The van der Waals surface area contributed by atoms with E-state index in [0.29, 0.717) is 5.92 Å². The van der Waals surface area contributed by atoms with Gasteiger partial charge in [-0.3, -0.25) is 9.69 Å². The molecular weight excluding hydrogens is 430 g/mol. The van der Waals surface area contributed by atoms with Gasteiger partial charge in [0.05, 0.1) is 12.0 Å². The molecule has 0 radical (unpaired) electrons. The molecule has 2 unspecified atom stereocenters. The Kier molecular flexibility index (Phi) is 6.65. The van der Waals surface area contributed by atoms with Gasteiger partial charge in [0.15, 0.2) is 0 Å². The topological polar surface area (TPSA) is 36.0 Å². The highest BCUT2D eigenvalue weighted by Crippen LogP contribution is 2.38. The van der Waals surface area contributed by atoms with Gasteiger partial charge in [-0.2, -0.15) is 0 Å². The number of carbonyl (C=O) groups excluding carboxylic acids is 1. The van der Waals surface area contributed by atoms with Crippen molar-refractivity contribution in [1.82, 2.24) is 9.80 Å². The van der Waals surface area contributed by atoms with Crippen LogP contribution in [0.25, 0.3) is 0 Å². The molecule has 2 aliphatic rings.